The Labute approximate surface area is 244 Å². The summed E-state index contributed by atoms with van der Waals surface area (Å²) < 4.78 is 26.5. The molecule has 4 rings (SSSR count). The highest BCUT2D eigenvalue weighted by Crippen LogP contribution is 2.36. The number of sulfone groups is 1. The number of allylic oxidation sites excluding steroid dienone is 3. The minimum absolute atomic E-state index is 0.000167. The van der Waals surface area contributed by atoms with Crippen LogP contribution in [0.3, 0.4) is 0 Å². The number of hydrogen-bond donors (Lipinski definition) is 3. The van der Waals surface area contributed by atoms with Gasteiger partial charge in [0, 0.05) is 57.8 Å². The van der Waals surface area contributed by atoms with E-state index in [-0.39, 0.29) is 32.3 Å². The number of hydrogen-bond acceptors (Lipinski definition) is 5. The molecule has 8 nitrogen and oxygen atoms in total. The number of aromatic nitrogens is 1. The molecule has 2 aliphatic heterocycles. The number of aryl methyl sites for hydroxylation is 1. The van der Waals surface area contributed by atoms with Crippen molar-refractivity contribution in [3.05, 3.63) is 81.1 Å². The number of β-amino-alcohol motifs (C(OH)–C–C–N with tert-alkyl or cyclic N) is 1. The second kappa shape index (κ2) is 11.8. The van der Waals surface area contributed by atoms with E-state index in [0.717, 1.165) is 16.8 Å². The number of carbonyl (C=O) groups excluding carboxylic acids is 2. The molecular weight excluding hydrogens is 573 g/mol. The van der Waals surface area contributed by atoms with E-state index < -0.39 is 21.7 Å². The molecule has 11 heteroatoms. The third-order valence-corrected chi connectivity index (χ3v) is 9.54. The van der Waals surface area contributed by atoms with Gasteiger partial charge in [0.2, 0.25) is 5.91 Å². The topological polar surface area (TPSA) is 120 Å². The van der Waals surface area contributed by atoms with Crippen molar-refractivity contribution in [2.45, 2.75) is 44.1 Å². The number of aliphatic hydroxyl groups is 1. The molecule has 0 bridgehead atoms. The number of aliphatic hydroxyl groups excluding tert-OH is 1. The lowest BCUT2D eigenvalue weighted by Gasteiger charge is -2.15. The number of rotatable bonds is 9. The maximum absolute atomic E-state index is 13.3. The number of halogens is 2. The summed E-state index contributed by atoms with van der Waals surface area (Å²) in [5.74, 6) is -0.836. The van der Waals surface area contributed by atoms with Crippen LogP contribution in [0, 0.1) is 13.8 Å². The van der Waals surface area contributed by atoms with E-state index in [1.165, 1.54) is 18.2 Å². The Morgan fingerprint density at radius 1 is 1.27 bits per heavy atom. The van der Waals surface area contributed by atoms with Crippen molar-refractivity contribution in [1.82, 2.24) is 9.88 Å². The van der Waals surface area contributed by atoms with Gasteiger partial charge < -0.3 is 20.3 Å². The maximum atomic E-state index is 13.3. The van der Waals surface area contributed by atoms with Crippen LogP contribution in [0.25, 0.3) is 11.6 Å². The summed E-state index contributed by atoms with van der Waals surface area (Å²) in [7, 11) is -3.89. The first-order valence-electron chi connectivity index (χ1n) is 12.7. The van der Waals surface area contributed by atoms with Gasteiger partial charge in [0.05, 0.1) is 22.3 Å². The van der Waals surface area contributed by atoms with E-state index in [1.54, 1.807) is 17.0 Å². The Kier molecular flexibility index (Phi) is 8.80. The highest BCUT2D eigenvalue weighted by Gasteiger charge is 2.29. The van der Waals surface area contributed by atoms with Gasteiger partial charge in [-0.3, -0.25) is 9.59 Å². The van der Waals surface area contributed by atoms with Gasteiger partial charge in [0.15, 0.2) is 9.84 Å². The van der Waals surface area contributed by atoms with Crippen LogP contribution in [0.4, 0.5) is 5.69 Å². The van der Waals surface area contributed by atoms with Gasteiger partial charge in [0.1, 0.15) is 0 Å². The maximum Gasteiger partial charge on any atom is 0.256 e. The van der Waals surface area contributed by atoms with Gasteiger partial charge in [0.25, 0.3) is 5.91 Å². The molecule has 1 aromatic heterocycles. The Bertz CT molecular complexity index is 1590. The molecule has 1 atom stereocenters. The van der Waals surface area contributed by atoms with E-state index in [2.05, 4.69) is 23.5 Å². The molecule has 0 aliphatic carbocycles. The Hall–Kier alpha value is -3.11. The number of anilines is 1. The lowest BCUT2D eigenvalue weighted by Crippen LogP contribution is -2.29. The largest absolute Gasteiger partial charge is 0.391 e. The first kappa shape index (κ1) is 29.9. The molecule has 2 aliphatic rings. The normalized spacial score (nSPS) is 18.5. The summed E-state index contributed by atoms with van der Waals surface area (Å²) in [5.41, 5.74) is 4.87. The van der Waals surface area contributed by atoms with Gasteiger partial charge in [-0.2, -0.15) is 0 Å². The number of benzene rings is 1. The van der Waals surface area contributed by atoms with Crippen molar-refractivity contribution in [2.75, 3.05) is 24.2 Å². The van der Waals surface area contributed by atoms with E-state index in [9.17, 15) is 23.1 Å². The molecule has 2 amide bonds. The third-order valence-electron chi connectivity index (χ3n) is 7.29. The summed E-state index contributed by atoms with van der Waals surface area (Å²) in [6, 6.07) is 4.43. The molecule has 0 unspecified atom stereocenters. The monoisotopic (exact) mass is 603 g/mol. The van der Waals surface area contributed by atoms with E-state index in [4.69, 9.17) is 23.2 Å². The number of nitrogens with zero attached hydrogens (tertiary/aromatic N) is 1. The first-order valence-corrected chi connectivity index (χ1v) is 15.1. The van der Waals surface area contributed by atoms with Crippen LogP contribution >= 0.6 is 23.2 Å². The van der Waals surface area contributed by atoms with Crippen molar-refractivity contribution < 1.29 is 23.1 Å². The van der Waals surface area contributed by atoms with Crippen LogP contribution in [-0.2, 0) is 25.8 Å². The van der Waals surface area contributed by atoms with Crippen molar-refractivity contribution in [3.63, 3.8) is 0 Å². The van der Waals surface area contributed by atoms with E-state index in [0.29, 0.717) is 54.9 Å². The Morgan fingerprint density at radius 2 is 2.00 bits per heavy atom. The number of fused-ring (bicyclic) bond motifs is 1. The van der Waals surface area contributed by atoms with Crippen LogP contribution in [0.5, 0.6) is 0 Å². The van der Waals surface area contributed by atoms with Crippen LogP contribution in [-0.4, -0.2) is 60.2 Å². The third kappa shape index (κ3) is 6.12. The number of carbonyl (C=O) groups is 2. The summed E-state index contributed by atoms with van der Waals surface area (Å²) >= 11 is 12.1. The molecule has 1 saturated heterocycles. The Balaban J connectivity index is 1.62. The molecule has 212 valence electrons. The average Bonchev–Trinajstić information content (AvgIpc) is 3.55. The van der Waals surface area contributed by atoms with Crippen molar-refractivity contribution in [3.8, 4) is 0 Å². The van der Waals surface area contributed by atoms with Crippen LogP contribution in [0.1, 0.15) is 40.9 Å². The zero-order chi connectivity index (χ0) is 29.4. The lowest BCUT2D eigenvalue weighted by molar-refractivity contribution is -0.130. The molecule has 0 saturated carbocycles. The predicted octanol–water partition coefficient (Wildman–Crippen LogP) is 4.86. The molecule has 0 spiro atoms. The minimum atomic E-state index is -3.89. The van der Waals surface area contributed by atoms with Gasteiger partial charge in [-0.15, -0.1) is 0 Å². The molecule has 3 heterocycles. The molecule has 0 radical (unpaired) electrons. The highest BCUT2D eigenvalue weighted by atomic mass is 35.5. The zero-order valence-electron chi connectivity index (χ0n) is 22.3. The summed E-state index contributed by atoms with van der Waals surface area (Å²) in [5, 5.41) is 12.6. The van der Waals surface area contributed by atoms with Gasteiger partial charge in [-0.25, -0.2) is 8.42 Å². The number of amides is 2. The fourth-order valence-electron chi connectivity index (χ4n) is 5.01. The fraction of sp³-hybridized carbons (Fsp3) is 0.310. The fourth-order valence-corrected chi connectivity index (χ4v) is 7.02. The van der Waals surface area contributed by atoms with Gasteiger partial charge in [-0.1, -0.05) is 42.4 Å². The van der Waals surface area contributed by atoms with Crippen molar-refractivity contribution >= 4 is 62.2 Å². The summed E-state index contributed by atoms with van der Waals surface area (Å²) in [4.78, 5) is 30.5. The number of nitrogens with one attached hydrogen (secondary N) is 2. The van der Waals surface area contributed by atoms with Crippen molar-refractivity contribution in [1.29, 1.82) is 0 Å². The average molecular weight is 605 g/mol. The van der Waals surface area contributed by atoms with Crippen LogP contribution in [0.15, 0.2) is 58.0 Å². The van der Waals surface area contributed by atoms with Crippen LogP contribution in [0.2, 0.25) is 0 Å². The van der Waals surface area contributed by atoms with E-state index >= 15 is 0 Å². The highest BCUT2D eigenvalue weighted by molar-refractivity contribution is 7.91. The zero-order valence-corrected chi connectivity index (χ0v) is 24.6. The number of aromatic amines is 1. The quantitative estimate of drug-likeness (QED) is 0.279. The lowest BCUT2D eigenvalue weighted by atomic mass is 10.0. The predicted molar refractivity (Wildman–Crippen MR) is 159 cm³/mol. The summed E-state index contributed by atoms with van der Waals surface area (Å²) in [6.45, 7) is 11.9. The molecule has 40 heavy (non-hydrogen) atoms. The SMILES string of the molecule is C=CC(Cl)=C(CS(=O)(=O)c1ccc2c(c1)C(=Cc1[nH]c(C)c(CCC(=O)N3CC[C@@H](O)C3)c1C)C(=O)N2)C(=C)Cl. The Morgan fingerprint density at radius 3 is 2.62 bits per heavy atom. The number of likely N-dealkylation sites (tertiary alicyclic amines) is 1. The van der Waals surface area contributed by atoms with Gasteiger partial charge in [-0.05, 0) is 62.1 Å². The summed E-state index contributed by atoms with van der Waals surface area (Å²) in [6.07, 6.45) is 3.96. The smallest absolute Gasteiger partial charge is 0.256 e. The first-order chi connectivity index (χ1) is 18.8. The second-order valence-electron chi connectivity index (χ2n) is 9.96. The number of H-pyrrole nitrogens is 1. The molecule has 2 aromatic rings. The standard InChI is InChI=1S/C29H31Cl2N3O5S/c1-5-25(31)24(17(3)30)15-40(38,39)20-6-8-26-22(12-20)23(29(37)33-26)13-27-16(2)21(18(4)32-27)7-9-28(36)34-11-10-19(35)14-34/h5-6,8,12-13,19,32,35H,1,3,7,9-11,14-15H2,2,4H3,(H,33,37)/t19-/m1/s1. The van der Waals surface area contributed by atoms with Crippen molar-refractivity contribution in [2.24, 2.45) is 0 Å². The molecular formula is C29H31Cl2N3O5S. The molecule has 1 aromatic carbocycles. The second-order valence-corrected chi connectivity index (χ2v) is 12.8. The molecule has 3 N–H and O–H groups in total. The molecule has 1 fully saturated rings. The van der Waals surface area contributed by atoms with E-state index in [1.807, 2.05) is 13.8 Å². The van der Waals surface area contributed by atoms with Crippen LogP contribution < -0.4 is 5.32 Å². The minimum Gasteiger partial charge on any atom is -0.391 e. The van der Waals surface area contributed by atoms with Gasteiger partial charge >= 0.3 is 0 Å².